The van der Waals surface area contributed by atoms with Gasteiger partial charge in [0.1, 0.15) is 0 Å². The molecule has 3 aromatic rings. The Morgan fingerprint density at radius 3 is 2.62 bits per heavy atom. The summed E-state index contributed by atoms with van der Waals surface area (Å²) in [7, 11) is 0. The first-order chi connectivity index (χ1) is 11.7. The Morgan fingerprint density at radius 1 is 1.08 bits per heavy atom. The van der Waals surface area contributed by atoms with E-state index in [1.165, 1.54) is 11.8 Å². The second kappa shape index (κ2) is 7.99. The number of carbonyl (C=O) groups is 1. The summed E-state index contributed by atoms with van der Waals surface area (Å²) in [6, 6.07) is 16.7. The fourth-order valence-electron chi connectivity index (χ4n) is 1.97. The highest BCUT2D eigenvalue weighted by molar-refractivity contribution is 7.99. The molecule has 1 heterocycles. The molecular formula is C17H14ClN3O2S. The molecule has 0 atom stereocenters. The molecule has 2 aromatic carbocycles. The minimum Gasteiger partial charge on any atom is -0.411 e. The van der Waals surface area contributed by atoms with Gasteiger partial charge < -0.3 is 9.73 Å². The van der Waals surface area contributed by atoms with E-state index in [-0.39, 0.29) is 5.91 Å². The van der Waals surface area contributed by atoms with E-state index < -0.39 is 0 Å². The number of rotatable bonds is 6. The number of carbonyl (C=O) groups excluding carboxylic acids is 1. The average Bonchev–Trinajstić information content (AvgIpc) is 3.07. The quantitative estimate of drug-likeness (QED) is 0.656. The first kappa shape index (κ1) is 16.5. The van der Waals surface area contributed by atoms with Crippen LogP contribution in [0.3, 0.4) is 0 Å². The Bertz CT molecular complexity index is 823. The van der Waals surface area contributed by atoms with Crippen LogP contribution >= 0.6 is 23.4 Å². The van der Waals surface area contributed by atoms with Gasteiger partial charge in [-0.2, -0.15) is 0 Å². The van der Waals surface area contributed by atoms with Crippen LogP contribution in [0.5, 0.6) is 0 Å². The van der Waals surface area contributed by atoms with Crippen molar-refractivity contribution in [2.24, 2.45) is 0 Å². The molecule has 3 rings (SSSR count). The molecule has 122 valence electrons. The van der Waals surface area contributed by atoms with E-state index in [1.807, 2.05) is 42.5 Å². The summed E-state index contributed by atoms with van der Waals surface area (Å²) in [4.78, 5) is 11.9. The van der Waals surface area contributed by atoms with E-state index >= 15 is 0 Å². The third kappa shape index (κ3) is 4.37. The molecule has 0 saturated carbocycles. The van der Waals surface area contributed by atoms with E-state index in [4.69, 9.17) is 16.0 Å². The molecule has 1 N–H and O–H groups in total. The van der Waals surface area contributed by atoms with Gasteiger partial charge >= 0.3 is 0 Å². The number of halogens is 1. The first-order valence-electron chi connectivity index (χ1n) is 7.28. The van der Waals surface area contributed by atoms with Crippen molar-refractivity contribution in [2.45, 2.75) is 11.6 Å². The van der Waals surface area contributed by atoms with Crippen LogP contribution < -0.4 is 5.32 Å². The van der Waals surface area contributed by atoms with Gasteiger partial charge in [-0.05, 0) is 24.3 Å². The lowest BCUT2D eigenvalue weighted by atomic mass is 10.2. The van der Waals surface area contributed by atoms with Crippen LogP contribution in [0.4, 0.5) is 5.69 Å². The number of amides is 1. The average molecular weight is 360 g/mol. The van der Waals surface area contributed by atoms with Crippen molar-refractivity contribution in [3.63, 3.8) is 0 Å². The van der Waals surface area contributed by atoms with Crippen LogP contribution in [-0.2, 0) is 4.79 Å². The maximum Gasteiger partial charge on any atom is 0.276 e. The van der Waals surface area contributed by atoms with E-state index in [1.54, 1.807) is 12.1 Å². The van der Waals surface area contributed by atoms with Crippen LogP contribution in [0.25, 0.3) is 11.5 Å². The molecule has 0 aliphatic rings. The third-order valence-corrected chi connectivity index (χ3v) is 4.28. The summed E-state index contributed by atoms with van der Waals surface area (Å²) >= 11 is 7.35. The number of nitrogens with zero attached hydrogens (tertiary/aromatic N) is 2. The van der Waals surface area contributed by atoms with Gasteiger partial charge in [-0.3, -0.25) is 4.79 Å². The number of aromatic nitrogens is 2. The first-order valence-corrected chi connectivity index (χ1v) is 8.65. The normalized spacial score (nSPS) is 10.5. The molecule has 24 heavy (non-hydrogen) atoms. The summed E-state index contributed by atoms with van der Waals surface area (Å²) < 4.78 is 5.58. The molecule has 0 aliphatic heterocycles. The van der Waals surface area contributed by atoms with Gasteiger partial charge in [0.25, 0.3) is 5.22 Å². The SMILES string of the molecule is O=C(CCSc1nnc(-c2ccccc2)o1)Nc1ccccc1Cl. The van der Waals surface area contributed by atoms with Crippen LogP contribution in [0.2, 0.25) is 5.02 Å². The number of hydrogen-bond acceptors (Lipinski definition) is 5. The summed E-state index contributed by atoms with van der Waals surface area (Å²) in [6.07, 6.45) is 0.318. The van der Waals surface area contributed by atoms with Crippen molar-refractivity contribution in [2.75, 3.05) is 11.1 Å². The fourth-order valence-corrected chi connectivity index (χ4v) is 2.85. The van der Waals surface area contributed by atoms with Gasteiger partial charge in [0, 0.05) is 17.7 Å². The number of thioether (sulfide) groups is 1. The third-order valence-electron chi connectivity index (χ3n) is 3.13. The number of hydrogen-bond donors (Lipinski definition) is 1. The predicted octanol–water partition coefficient (Wildman–Crippen LogP) is 4.51. The molecule has 0 unspecified atom stereocenters. The zero-order valence-electron chi connectivity index (χ0n) is 12.6. The van der Waals surface area contributed by atoms with Gasteiger partial charge in [0.2, 0.25) is 11.8 Å². The largest absolute Gasteiger partial charge is 0.411 e. The van der Waals surface area contributed by atoms with Gasteiger partial charge in [-0.25, -0.2) is 0 Å². The molecule has 5 nitrogen and oxygen atoms in total. The number of benzene rings is 2. The van der Waals surface area contributed by atoms with Crippen LogP contribution in [0, 0.1) is 0 Å². The van der Waals surface area contributed by atoms with Crippen molar-refractivity contribution < 1.29 is 9.21 Å². The molecule has 0 radical (unpaired) electrons. The van der Waals surface area contributed by atoms with Crippen molar-refractivity contribution >= 4 is 35.0 Å². The smallest absolute Gasteiger partial charge is 0.276 e. The topological polar surface area (TPSA) is 68.0 Å². The Balaban J connectivity index is 1.49. The zero-order valence-corrected chi connectivity index (χ0v) is 14.2. The number of anilines is 1. The molecule has 0 saturated heterocycles. The van der Waals surface area contributed by atoms with E-state index in [2.05, 4.69) is 15.5 Å². The van der Waals surface area contributed by atoms with Crippen molar-refractivity contribution in [3.8, 4) is 11.5 Å². The zero-order chi connectivity index (χ0) is 16.8. The van der Waals surface area contributed by atoms with E-state index in [0.717, 1.165) is 5.56 Å². The predicted molar refractivity (Wildman–Crippen MR) is 95.2 cm³/mol. The summed E-state index contributed by atoms with van der Waals surface area (Å²) in [5.41, 5.74) is 1.48. The summed E-state index contributed by atoms with van der Waals surface area (Å²) in [5, 5.41) is 11.7. The second-order valence-corrected chi connectivity index (χ2v) is 6.32. The summed E-state index contributed by atoms with van der Waals surface area (Å²) in [5.74, 6) is 0.893. The van der Waals surface area contributed by atoms with Crippen LogP contribution in [0.1, 0.15) is 6.42 Å². The second-order valence-electron chi connectivity index (χ2n) is 4.87. The highest BCUT2D eigenvalue weighted by atomic mass is 35.5. The minimum absolute atomic E-state index is 0.113. The van der Waals surface area contributed by atoms with Crippen molar-refractivity contribution in [1.29, 1.82) is 0 Å². The molecule has 0 fully saturated rings. The molecule has 0 spiro atoms. The highest BCUT2D eigenvalue weighted by Crippen LogP contribution is 2.24. The highest BCUT2D eigenvalue weighted by Gasteiger charge is 2.10. The molecule has 0 aliphatic carbocycles. The molecule has 7 heteroatoms. The summed E-state index contributed by atoms with van der Waals surface area (Å²) in [6.45, 7) is 0. The monoisotopic (exact) mass is 359 g/mol. The lowest BCUT2D eigenvalue weighted by Crippen LogP contribution is -2.12. The molecular weight excluding hydrogens is 346 g/mol. The number of para-hydroxylation sites is 1. The Morgan fingerprint density at radius 2 is 1.83 bits per heavy atom. The van der Waals surface area contributed by atoms with Crippen molar-refractivity contribution in [1.82, 2.24) is 10.2 Å². The fraction of sp³-hybridized carbons (Fsp3) is 0.118. The number of nitrogens with one attached hydrogen (secondary N) is 1. The Kier molecular flexibility index (Phi) is 5.51. The molecule has 0 bridgehead atoms. The van der Waals surface area contributed by atoms with E-state index in [9.17, 15) is 4.79 Å². The minimum atomic E-state index is -0.113. The lowest BCUT2D eigenvalue weighted by Gasteiger charge is -2.05. The van der Waals surface area contributed by atoms with E-state index in [0.29, 0.717) is 34.0 Å². The van der Waals surface area contributed by atoms with Gasteiger partial charge in [-0.15, -0.1) is 10.2 Å². The van der Waals surface area contributed by atoms with Crippen LogP contribution in [0.15, 0.2) is 64.2 Å². The Labute approximate surface area is 148 Å². The van der Waals surface area contributed by atoms with Gasteiger partial charge in [-0.1, -0.05) is 53.7 Å². The Hall–Kier alpha value is -2.31. The molecule has 1 amide bonds. The lowest BCUT2D eigenvalue weighted by molar-refractivity contribution is -0.115. The van der Waals surface area contributed by atoms with Crippen LogP contribution in [-0.4, -0.2) is 21.9 Å². The van der Waals surface area contributed by atoms with Gasteiger partial charge in [0.05, 0.1) is 10.7 Å². The molecule has 1 aromatic heterocycles. The standard InChI is InChI=1S/C17H14ClN3O2S/c18-13-8-4-5-9-14(13)19-15(22)10-11-24-17-21-20-16(23-17)12-6-2-1-3-7-12/h1-9H,10-11H2,(H,19,22). The van der Waals surface area contributed by atoms with Crippen molar-refractivity contribution in [3.05, 3.63) is 59.6 Å². The maximum absolute atomic E-state index is 11.9. The maximum atomic E-state index is 11.9. The van der Waals surface area contributed by atoms with Gasteiger partial charge in [0.15, 0.2) is 0 Å².